The number of benzene rings is 2. The molecule has 0 amide bonds. The highest BCUT2D eigenvalue weighted by Crippen LogP contribution is 2.37. The number of hydrogen-bond acceptors (Lipinski definition) is 3. The van der Waals surface area contributed by atoms with Crippen molar-refractivity contribution in [3.8, 4) is 11.5 Å². The fourth-order valence-corrected chi connectivity index (χ4v) is 3.00. The van der Waals surface area contributed by atoms with Crippen molar-refractivity contribution in [2.45, 2.75) is 26.4 Å². The molecule has 0 fully saturated rings. The predicted octanol–water partition coefficient (Wildman–Crippen LogP) is 4.34. The Morgan fingerprint density at radius 1 is 1.19 bits per heavy atom. The Kier molecular flexibility index (Phi) is 4.17. The zero-order chi connectivity index (χ0) is 14.8. The van der Waals surface area contributed by atoms with Crippen LogP contribution in [0.5, 0.6) is 11.5 Å². The molecular weight excluding hydrogens is 330 g/mol. The first-order valence-corrected chi connectivity index (χ1v) is 7.81. The summed E-state index contributed by atoms with van der Waals surface area (Å²) in [4.78, 5) is 0. The molecule has 0 radical (unpaired) electrons. The van der Waals surface area contributed by atoms with Crippen molar-refractivity contribution in [2.24, 2.45) is 0 Å². The molecule has 0 aliphatic carbocycles. The Balaban J connectivity index is 1.72. The van der Waals surface area contributed by atoms with E-state index >= 15 is 0 Å². The van der Waals surface area contributed by atoms with E-state index in [-0.39, 0.29) is 0 Å². The molecule has 0 saturated heterocycles. The minimum Gasteiger partial charge on any atom is -0.454 e. The van der Waals surface area contributed by atoms with Crippen LogP contribution in [0.4, 0.5) is 0 Å². The molecule has 21 heavy (non-hydrogen) atoms. The molecule has 2 aromatic rings. The maximum atomic E-state index is 5.43. The lowest BCUT2D eigenvalue weighted by Crippen LogP contribution is -2.19. The maximum absolute atomic E-state index is 5.43. The predicted molar refractivity (Wildman–Crippen MR) is 86.7 cm³/mol. The Morgan fingerprint density at radius 3 is 2.67 bits per heavy atom. The molecule has 0 saturated carbocycles. The van der Waals surface area contributed by atoms with E-state index < -0.39 is 0 Å². The van der Waals surface area contributed by atoms with Gasteiger partial charge in [-0.3, -0.25) is 0 Å². The Bertz CT molecular complexity index is 657. The summed E-state index contributed by atoms with van der Waals surface area (Å²) >= 11 is 3.60. The lowest BCUT2D eigenvalue weighted by molar-refractivity contribution is 0.174. The Labute approximate surface area is 133 Å². The van der Waals surface area contributed by atoms with Gasteiger partial charge in [-0.15, -0.1) is 0 Å². The van der Waals surface area contributed by atoms with Crippen LogP contribution < -0.4 is 14.8 Å². The molecule has 4 heteroatoms. The molecule has 3 nitrogen and oxygen atoms in total. The second-order valence-corrected chi connectivity index (χ2v) is 6.11. The third-order valence-electron chi connectivity index (χ3n) is 3.80. The van der Waals surface area contributed by atoms with Crippen LogP contribution in [-0.4, -0.2) is 6.79 Å². The number of fused-ring (bicyclic) bond motifs is 1. The van der Waals surface area contributed by atoms with Gasteiger partial charge in [0.2, 0.25) is 6.79 Å². The smallest absolute Gasteiger partial charge is 0.231 e. The van der Waals surface area contributed by atoms with E-state index in [0.717, 1.165) is 22.5 Å². The molecule has 1 aliphatic heterocycles. The second kappa shape index (κ2) is 6.08. The summed E-state index contributed by atoms with van der Waals surface area (Å²) in [5.41, 5.74) is 3.80. The first-order valence-electron chi connectivity index (χ1n) is 7.02. The molecule has 0 bridgehead atoms. The van der Waals surface area contributed by atoms with Gasteiger partial charge in [0.15, 0.2) is 11.5 Å². The third-order valence-corrected chi connectivity index (χ3v) is 4.53. The molecule has 1 N–H and O–H groups in total. The molecule has 3 rings (SSSR count). The van der Waals surface area contributed by atoms with Crippen LogP contribution in [0.3, 0.4) is 0 Å². The molecule has 1 heterocycles. The molecular formula is C17H18BrNO2. The van der Waals surface area contributed by atoms with Crippen molar-refractivity contribution in [2.75, 3.05) is 6.79 Å². The summed E-state index contributed by atoms with van der Waals surface area (Å²) in [6, 6.07) is 12.8. The van der Waals surface area contributed by atoms with Crippen molar-refractivity contribution in [3.05, 3.63) is 57.6 Å². The quantitative estimate of drug-likeness (QED) is 0.892. The average Bonchev–Trinajstić information content (AvgIpc) is 2.92. The number of rotatable bonds is 4. The van der Waals surface area contributed by atoms with Crippen molar-refractivity contribution < 1.29 is 9.47 Å². The number of hydrogen-bond donors (Lipinski definition) is 1. The lowest BCUT2D eigenvalue weighted by atomic mass is 10.0. The van der Waals surface area contributed by atoms with Crippen LogP contribution in [0, 0.1) is 6.92 Å². The Morgan fingerprint density at radius 2 is 1.90 bits per heavy atom. The van der Waals surface area contributed by atoms with Gasteiger partial charge >= 0.3 is 0 Å². The monoisotopic (exact) mass is 347 g/mol. The van der Waals surface area contributed by atoms with E-state index in [9.17, 15) is 0 Å². The highest BCUT2D eigenvalue weighted by Gasteiger charge is 2.16. The highest BCUT2D eigenvalue weighted by atomic mass is 79.9. The first kappa shape index (κ1) is 14.4. The van der Waals surface area contributed by atoms with E-state index in [4.69, 9.17) is 9.47 Å². The molecule has 2 aromatic carbocycles. The second-order valence-electron chi connectivity index (χ2n) is 5.26. The molecule has 0 spiro atoms. The normalized spacial score (nSPS) is 14.2. The van der Waals surface area contributed by atoms with Gasteiger partial charge in [-0.2, -0.15) is 0 Å². The summed E-state index contributed by atoms with van der Waals surface area (Å²) in [7, 11) is 0. The largest absolute Gasteiger partial charge is 0.454 e. The van der Waals surface area contributed by atoms with Crippen LogP contribution in [0.15, 0.2) is 40.9 Å². The van der Waals surface area contributed by atoms with Crippen molar-refractivity contribution >= 4 is 15.9 Å². The van der Waals surface area contributed by atoms with Crippen molar-refractivity contribution in [3.63, 3.8) is 0 Å². The van der Waals surface area contributed by atoms with Gasteiger partial charge in [-0.25, -0.2) is 0 Å². The fraction of sp³-hybridized carbons (Fsp3) is 0.294. The van der Waals surface area contributed by atoms with E-state index in [0.29, 0.717) is 12.8 Å². The molecule has 1 aliphatic rings. The van der Waals surface area contributed by atoms with Gasteiger partial charge in [0, 0.05) is 17.1 Å². The minimum absolute atomic E-state index is 0.295. The summed E-state index contributed by atoms with van der Waals surface area (Å²) in [5.74, 6) is 1.62. The number of aryl methyl sites for hydroxylation is 1. The van der Waals surface area contributed by atoms with Crippen molar-refractivity contribution in [1.29, 1.82) is 0 Å². The lowest BCUT2D eigenvalue weighted by Gasteiger charge is -2.17. The minimum atomic E-state index is 0.295. The zero-order valence-electron chi connectivity index (χ0n) is 12.2. The van der Waals surface area contributed by atoms with E-state index in [1.165, 1.54) is 16.7 Å². The molecule has 1 unspecified atom stereocenters. The molecule has 0 aromatic heterocycles. The molecule has 110 valence electrons. The van der Waals surface area contributed by atoms with Gasteiger partial charge in [0.05, 0.1) is 0 Å². The first-order chi connectivity index (χ1) is 10.1. The number of halogens is 1. The average molecular weight is 348 g/mol. The van der Waals surface area contributed by atoms with Crippen LogP contribution in [0.25, 0.3) is 0 Å². The summed E-state index contributed by atoms with van der Waals surface area (Å²) < 4.78 is 11.8. The van der Waals surface area contributed by atoms with Crippen LogP contribution in [0.2, 0.25) is 0 Å². The number of ether oxygens (including phenoxy) is 2. The van der Waals surface area contributed by atoms with E-state index in [1.54, 1.807) is 0 Å². The van der Waals surface area contributed by atoms with Gasteiger partial charge < -0.3 is 14.8 Å². The van der Waals surface area contributed by atoms with Crippen LogP contribution in [-0.2, 0) is 6.54 Å². The summed E-state index contributed by atoms with van der Waals surface area (Å²) in [6.45, 7) is 5.40. The van der Waals surface area contributed by atoms with Crippen LogP contribution >= 0.6 is 15.9 Å². The van der Waals surface area contributed by atoms with Gasteiger partial charge in [0.25, 0.3) is 0 Å². The third kappa shape index (κ3) is 3.06. The standard InChI is InChI=1S/C17H18BrNO2/c1-11-5-3-4-6-14(11)12(2)19-9-13-7-16-17(8-15(13)18)21-10-20-16/h3-8,12,19H,9-10H2,1-2H3. The van der Waals surface area contributed by atoms with Crippen molar-refractivity contribution in [1.82, 2.24) is 5.32 Å². The summed E-state index contributed by atoms with van der Waals surface area (Å²) in [6.07, 6.45) is 0. The Hall–Kier alpha value is -1.52. The number of nitrogens with one attached hydrogen (secondary N) is 1. The topological polar surface area (TPSA) is 30.5 Å². The van der Waals surface area contributed by atoms with Gasteiger partial charge in [-0.05, 0) is 42.7 Å². The summed E-state index contributed by atoms with van der Waals surface area (Å²) in [5, 5.41) is 3.56. The highest BCUT2D eigenvalue weighted by molar-refractivity contribution is 9.10. The zero-order valence-corrected chi connectivity index (χ0v) is 13.7. The van der Waals surface area contributed by atoms with Crippen LogP contribution in [0.1, 0.15) is 29.7 Å². The maximum Gasteiger partial charge on any atom is 0.231 e. The van der Waals surface area contributed by atoms with E-state index in [1.807, 2.05) is 12.1 Å². The molecule has 1 atom stereocenters. The fourth-order valence-electron chi connectivity index (χ4n) is 2.54. The SMILES string of the molecule is Cc1ccccc1C(C)NCc1cc2c(cc1Br)OCO2. The van der Waals surface area contributed by atoms with E-state index in [2.05, 4.69) is 59.4 Å². The van der Waals surface area contributed by atoms with Gasteiger partial charge in [0.1, 0.15) is 0 Å². The van der Waals surface area contributed by atoms with Gasteiger partial charge in [-0.1, -0.05) is 40.2 Å².